The van der Waals surface area contributed by atoms with Crippen LogP contribution >= 0.6 is 7.82 Å². The van der Waals surface area contributed by atoms with E-state index in [0.29, 0.717) is 36.7 Å². The van der Waals surface area contributed by atoms with Crippen molar-refractivity contribution in [3.8, 4) is 0 Å². The highest BCUT2D eigenvalue weighted by Crippen LogP contribution is 2.39. The number of aliphatic hydroxyl groups excluding tert-OH is 3. The number of Topliss-reactive ketones (excluding diaryl/α,β-unsaturated/α-hetero) is 1. The molecule has 1 aliphatic rings. The summed E-state index contributed by atoms with van der Waals surface area (Å²) >= 11 is 0. The number of carbonyl (C=O) groups excluding carboxylic acids is 3. The highest BCUT2D eigenvalue weighted by molar-refractivity contribution is 7.45. The van der Waals surface area contributed by atoms with Crippen LogP contribution in [0.1, 0.15) is 194 Å². The van der Waals surface area contributed by atoms with Gasteiger partial charge in [0.05, 0.1) is 46.1 Å². The number of carbonyl (C=O) groups is 3. The van der Waals surface area contributed by atoms with Crippen molar-refractivity contribution in [2.75, 3.05) is 47.5 Å². The molecule has 1 fully saturated rings. The third kappa shape index (κ3) is 33.5. The molecule has 0 aromatic rings. The van der Waals surface area contributed by atoms with Crippen LogP contribution in [0.5, 0.6) is 0 Å². The van der Waals surface area contributed by atoms with E-state index in [1.807, 2.05) is 21.1 Å². The lowest BCUT2D eigenvalue weighted by Gasteiger charge is -2.28. The van der Waals surface area contributed by atoms with E-state index in [0.717, 1.165) is 38.5 Å². The lowest BCUT2D eigenvalue weighted by Crippen LogP contribution is -2.37. The number of allylic oxidation sites excluding steroid dienone is 2. The van der Waals surface area contributed by atoms with Crippen LogP contribution in [-0.4, -0.2) is 109 Å². The maximum atomic E-state index is 12.9. The average molecular weight is 930 g/mol. The second-order valence-electron chi connectivity index (χ2n) is 19.1. The van der Waals surface area contributed by atoms with E-state index in [4.69, 9.17) is 18.5 Å². The number of quaternary nitrogens is 1. The molecule has 1 saturated carbocycles. The summed E-state index contributed by atoms with van der Waals surface area (Å²) in [6.07, 6.45) is 29.7. The van der Waals surface area contributed by atoms with Gasteiger partial charge in [0.15, 0.2) is 6.10 Å². The van der Waals surface area contributed by atoms with E-state index < -0.39 is 62.6 Å². The third-order valence-corrected chi connectivity index (χ3v) is 12.9. The van der Waals surface area contributed by atoms with Crippen molar-refractivity contribution in [1.29, 1.82) is 0 Å². The topological polar surface area (TPSA) is 189 Å². The molecule has 0 aromatic carbocycles. The number of hydrogen-bond acceptors (Lipinski definition) is 12. The SMILES string of the molecule is CCCCCCCC/C=C\CCCCCCCCCCCC(=O)OC[C@H](COP(=O)([O-])OCC[N+](C)(C)C)OC(=O)CCCCC(=O)C[C@@H]1[C@@H](/C=C/[C@@H](O)CCCCC)[C@H](O)C[C@@H]1O. The van der Waals surface area contributed by atoms with Gasteiger partial charge in [-0.05, 0) is 51.4 Å². The van der Waals surface area contributed by atoms with Crippen LogP contribution in [0.3, 0.4) is 0 Å². The van der Waals surface area contributed by atoms with Crippen molar-refractivity contribution in [3.63, 3.8) is 0 Å². The Hall–Kier alpha value is -1.96. The first-order valence-corrected chi connectivity index (χ1v) is 26.7. The Morgan fingerprint density at radius 3 is 1.84 bits per heavy atom. The molecule has 0 radical (unpaired) electrons. The minimum absolute atomic E-state index is 0.0600. The predicted molar refractivity (Wildman–Crippen MR) is 252 cm³/mol. The molecular weight excluding hydrogens is 838 g/mol. The van der Waals surface area contributed by atoms with Crippen molar-refractivity contribution in [1.82, 2.24) is 0 Å². The van der Waals surface area contributed by atoms with Crippen LogP contribution in [0.25, 0.3) is 0 Å². The molecule has 0 aliphatic heterocycles. The van der Waals surface area contributed by atoms with Gasteiger partial charge in [0.25, 0.3) is 7.82 Å². The van der Waals surface area contributed by atoms with Gasteiger partial charge in [-0.1, -0.05) is 134 Å². The summed E-state index contributed by atoms with van der Waals surface area (Å²) < 4.78 is 33.8. The van der Waals surface area contributed by atoms with Gasteiger partial charge < -0.3 is 43.2 Å². The van der Waals surface area contributed by atoms with E-state index in [9.17, 15) is 39.2 Å². The number of ether oxygens (including phenoxy) is 2. The van der Waals surface area contributed by atoms with Crippen LogP contribution in [-0.2, 0) is 37.5 Å². The number of likely N-dealkylation sites (N-methyl/N-ethyl adjacent to an activating group) is 1. The molecule has 1 rings (SSSR count). The summed E-state index contributed by atoms with van der Waals surface area (Å²) in [7, 11) is 0.940. The molecule has 0 saturated heterocycles. The standard InChI is InChI=1S/C50H92NO12P/c1-6-8-10-11-12-13-14-15-16-17-18-19-20-21-22-23-24-25-27-32-49(56)60-40-44(41-62-64(58,59)61-37-36-51(3,4)5)63-50(57)33-29-28-31-43(53)38-46-45(47(54)39-48(46)55)35-34-42(52)30-26-9-7-2/h15-16,34-35,42,44-48,52,54-55H,6-14,17-33,36-41H2,1-5H3/b16-15-,35-34+/t42-,44+,45+,46+,47+,48-/m0/s1. The molecule has 0 spiro atoms. The molecule has 64 heavy (non-hydrogen) atoms. The molecule has 3 N–H and O–H groups in total. The summed E-state index contributed by atoms with van der Waals surface area (Å²) in [4.78, 5) is 50.8. The summed E-state index contributed by atoms with van der Waals surface area (Å²) in [6, 6.07) is 0. The predicted octanol–water partition coefficient (Wildman–Crippen LogP) is 9.62. The van der Waals surface area contributed by atoms with Crippen LogP contribution in [0.2, 0.25) is 0 Å². The van der Waals surface area contributed by atoms with Crippen LogP contribution in [0, 0.1) is 11.8 Å². The number of hydrogen-bond donors (Lipinski definition) is 3. The number of phosphoric acid groups is 1. The van der Waals surface area contributed by atoms with Gasteiger partial charge in [-0.15, -0.1) is 0 Å². The molecule has 7 atom stereocenters. The lowest BCUT2D eigenvalue weighted by molar-refractivity contribution is -0.870. The van der Waals surface area contributed by atoms with Crippen molar-refractivity contribution >= 4 is 25.5 Å². The van der Waals surface area contributed by atoms with Gasteiger partial charge in [0, 0.05) is 43.9 Å². The fraction of sp³-hybridized carbons (Fsp3) is 0.860. The maximum absolute atomic E-state index is 12.9. The molecule has 0 amide bonds. The zero-order valence-electron chi connectivity index (χ0n) is 40.8. The van der Waals surface area contributed by atoms with E-state index in [-0.39, 0.29) is 51.1 Å². The number of ketones is 1. The van der Waals surface area contributed by atoms with Crippen molar-refractivity contribution in [3.05, 3.63) is 24.3 Å². The van der Waals surface area contributed by atoms with Crippen LogP contribution < -0.4 is 4.89 Å². The van der Waals surface area contributed by atoms with E-state index in [1.54, 1.807) is 12.2 Å². The zero-order valence-corrected chi connectivity index (χ0v) is 41.7. The van der Waals surface area contributed by atoms with E-state index in [2.05, 4.69) is 26.0 Å². The highest BCUT2D eigenvalue weighted by atomic mass is 31.2. The Morgan fingerprint density at radius 2 is 1.23 bits per heavy atom. The van der Waals surface area contributed by atoms with E-state index in [1.165, 1.54) is 83.5 Å². The van der Waals surface area contributed by atoms with Crippen LogP contribution in [0.15, 0.2) is 24.3 Å². The van der Waals surface area contributed by atoms with Gasteiger partial charge in [0.2, 0.25) is 0 Å². The van der Waals surface area contributed by atoms with Crippen molar-refractivity contribution < 1.29 is 62.2 Å². The quantitative estimate of drug-likeness (QED) is 0.0173. The minimum Gasteiger partial charge on any atom is -0.756 e. The van der Waals surface area contributed by atoms with Crippen LogP contribution in [0.4, 0.5) is 0 Å². The highest BCUT2D eigenvalue weighted by Gasteiger charge is 2.41. The third-order valence-electron chi connectivity index (χ3n) is 11.9. The Bertz CT molecular complexity index is 1320. The summed E-state index contributed by atoms with van der Waals surface area (Å²) in [5, 5.41) is 31.4. The number of unbranched alkanes of at least 4 members (excludes halogenated alkanes) is 18. The summed E-state index contributed by atoms with van der Waals surface area (Å²) in [5.41, 5.74) is 0. The molecule has 1 aliphatic carbocycles. The van der Waals surface area contributed by atoms with Gasteiger partial charge in [-0.2, -0.15) is 0 Å². The largest absolute Gasteiger partial charge is 0.756 e. The monoisotopic (exact) mass is 930 g/mol. The minimum atomic E-state index is -4.73. The molecule has 13 nitrogen and oxygen atoms in total. The Morgan fingerprint density at radius 1 is 0.703 bits per heavy atom. The number of rotatable bonds is 42. The van der Waals surface area contributed by atoms with Crippen molar-refractivity contribution in [2.24, 2.45) is 11.8 Å². The number of phosphoric ester groups is 1. The fourth-order valence-corrected chi connectivity index (χ4v) is 8.61. The van der Waals surface area contributed by atoms with Gasteiger partial charge in [-0.3, -0.25) is 18.9 Å². The first-order valence-electron chi connectivity index (χ1n) is 25.2. The second kappa shape index (κ2) is 37.1. The Balaban J connectivity index is 2.44. The first-order chi connectivity index (χ1) is 30.6. The first kappa shape index (κ1) is 60.1. The zero-order chi connectivity index (χ0) is 47.5. The van der Waals surface area contributed by atoms with Crippen molar-refractivity contribution in [2.45, 2.75) is 218 Å². The number of aliphatic hydroxyl groups is 3. The molecule has 1 unspecified atom stereocenters. The second-order valence-corrected chi connectivity index (χ2v) is 20.6. The smallest absolute Gasteiger partial charge is 0.306 e. The number of esters is 2. The molecule has 374 valence electrons. The lowest BCUT2D eigenvalue weighted by atomic mass is 9.87. The molecule has 0 aromatic heterocycles. The average Bonchev–Trinajstić information content (AvgIpc) is 3.50. The van der Waals surface area contributed by atoms with Gasteiger partial charge in [-0.25, -0.2) is 0 Å². The van der Waals surface area contributed by atoms with E-state index >= 15 is 0 Å². The Labute approximate surface area is 388 Å². The number of nitrogens with zero attached hydrogens (tertiary/aromatic N) is 1. The molecular formula is C50H92NO12P. The Kier molecular flexibility index (Phi) is 34.8. The van der Waals surface area contributed by atoms with Gasteiger partial charge >= 0.3 is 11.9 Å². The fourth-order valence-electron chi connectivity index (χ4n) is 7.88. The molecule has 0 bridgehead atoms. The summed E-state index contributed by atoms with van der Waals surface area (Å²) in [5.74, 6) is -2.14. The molecule has 14 heteroatoms. The summed E-state index contributed by atoms with van der Waals surface area (Å²) in [6.45, 7) is 3.69. The molecule has 0 heterocycles. The maximum Gasteiger partial charge on any atom is 0.306 e. The normalized spacial score (nSPS) is 19.9. The van der Waals surface area contributed by atoms with Gasteiger partial charge in [0.1, 0.15) is 25.5 Å².